The van der Waals surface area contributed by atoms with Gasteiger partial charge in [-0.2, -0.15) is 5.10 Å². The summed E-state index contributed by atoms with van der Waals surface area (Å²) in [5.74, 6) is -1.12. The zero-order chi connectivity index (χ0) is 25.1. The maximum Gasteiger partial charge on any atom is 0.218 e. The highest BCUT2D eigenvalue weighted by Gasteiger charge is 2.46. The van der Waals surface area contributed by atoms with Gasteiger partial charge in [-0.1, -0.05) is 11.6 Å². The molecule has 5 rings (SSSR count). The van der Waals surface area contributed by atoms with E-state index in [9.17, 15) is 4.39 Å². The summed E-state index contributed by atoms with van der Waals surface area (Å²) in [7, 11) is 0. The Balaban J connectivity index is 1.21. The fourth-order valence-corrected chi connectivity index (χ4v) is 4.88. The van der Waals surface area contributed by atoms with E-state index in [0.29, 0.717) is 11.1 Å². The predicted molar refractivity (Wildman–Crippen MR) is 135 cm³/mol. The summed E-state index contributed by atoms with van der Waals surface area (Å²) in [6.45, 7) is 9.30. The summed E-state index contributed by atoms with van der Waals surface area (Å²) < 4.78 is 34.8. The lowest BCUT2D eigenvalue weighted by molar-refractivity contribution is -0.192. The van der Waals surface area contributed by atoms with Gasteiger partial charge in [-0.05, 0) is 56.3 Å². The van der Waals surface area contributed by atoms with Crippen LogP contribution >= 0.6 is 11.6 Å². The predicted octanol–water partition coefficient (Wildman–Crippen LogP) is 3.95. The van der Waals surface area contributed by atoms with E-state index < -0.39 is 17.7 Å². The molecule has 3 aromatic rings. The van der Waals surface area contributed by atoms with Crippen LogP contribution in [0.25, 0.3) is 0 Å². The van der Waals surface area contributed by atoms with Crippen LogP contribution in [0.3, 0.4) is 0 Å². The third-order valence-corrected chi connectivity index (χ3v) is 6.96. The van der Waals surface area contributed by atoms with Crippen molar-refractivity contribution in [3.8, 4) is 5.75 Å². The number of nitrogens with zero attached hydrogens (tertiary/aromatic N) is 5. The quantitative estimate of drug-likeness (QED) is 0.450. The maximum atomic E-state index is 14.9. The van der Waals surface area contributed by atoms with Crippen molar-refractivity contribution in [2.24, 2.45) is 0 Å². The van der Waals surface area contributed by atoms with Crippen LogP contribution in [0.5, 0.6) is 5.75 Å². The number of anilines is 1. The molecule has 0 bridgehead atoms. The summed E-state index contributed by atoms with van der Waals surface area (Å²) in [6, 6.07) is 13.1. The molecule has 0 spiro atoms. The first kappa shape index (κ1) is 25.0. The second-order valence-electron chi connectivity index (χ2n) is 9.44. The molecule has 36 heavy (non-hydrogen) atoms. The minimum atomic E-state index is -1.36. The highest BCUT2D eigenvalue weighted by Crippen LogP contribution is 2.38. The molecule has 10 heteroatoms. The molecule has 8 nitrogen and oxygen atoms in total. The first-order valence-corrected chi connectivity index (χ1v) is 12.6. The van der Waals surface area contributed by atoms with E-state index in [1.807, 2.05) is 12.1 Å². The molecule has 2 fully saturated rings. The van der Waals surface area contributed by atoms with Crippen LogP contribution in [0.4, 0.5) is 10.1 Å². The Kier molecular flexibility index (Phi) is 7.43. The van der Waals surface area contributed by atoms with E-state index in [4.69, 9.17) is 25.8 Å². The van der Waals surface area contributed by atoms with Crippen molar-refractivity contribution in [1.82, 2.24) is 19.7 Å². The lowest BCUT2D eigenvalue weighted by Crippen LogP contribution is -2.48. The number of rotatable bonds is 8. The van der Waals surface area contributed by atoms with Crippen LogP contribution in [0, 0.1) is 5.82 Å². The van der Waals surface area contributed by atoms with Crippen LogP contribution in [-0.4, -0.2) is 71.2 Å². The van der Waals surface area contributed by atoms with Gasteiger partial charge in [0.25, 0.3) is 0 Å². The molecule has 0 unspecified atom stereocenters. The zero-order valence-electron chi connectivity index (χ0n) is 20.5. The number of piperazine rings is 1. The van der Waals surface area contributed by atoms with Gasteiger partial charge < -0.3 is 19.1 Å². The van der Waals surface area contributed by atoms with Gasteiger partial charge in [-0.15, -0.1) is 0 Å². The van der Waals surface area contributed by atoms with Crippen molar-refractivity contribution in [2.45, 2.75) is 38.3 Å². The molecule has 192 valence electrons. The van der Waals surface area contributed by atoms with Crippen LogP contribution in [0.2, 0.25) is 5.02 Å². The van der Waals surface area contributed by atoms with E-state index in [1.54, 1.807) is 16.8 Å². The normalized spacial score (nSPS) is 22.9. The van der Waals surface area contributed by atoms with Crippen LogP contribution < -0.4 is 9.64 Å². The molecular formula is C26H31ClFN5O3. The van der Waals surface area contributed by atoms with Gasteiger partial charge in [0.15, 0.2) is 0 Å². The molecule has 1 aromatic heterocycles. The Hall–Kier alpha value is -2.72. The Morgan fingerprint density at radius 1 is 1.14 bits per heavy atom. The zero-order valence-corrected chi connectivity index (χ0v) is 21.3. The van der Waals surface area contributed by atoms with Crippen LogP contribution in [0.1, 0.15) is 19.4 Å². The minimum absolute atomic E-state index is 0.140. The third kappa shape index (κ3) is 5.49. The first-order chi connectivity index (χ1) is 17.4. The van der Waals surface area contributed by atoms with Crippen molar-refractivity contribution >= 4 is 17.3 Å². The number of hydrogen-bond acceptors (Lipinski definition) is 7. The average Bonchev–Trinajstić information content (AvgIpc) is 3.54. The van der Waals surface area contributed by atoms with Crippen molar-refractivity contribution in [3.63, 3.8) is 0 Å². The lowest BCUT2D eigenvalue weighted by Gasteiger charge is -2.38. The monoisotopic (exact) mass is 515 g/mol. The molecule has 0 saturated carbocycles. The SMILES string of the molecule is CC(C)N1CCN(c2ccc(OC[C@H]3CO[C@](Cn4cncn4)(c4ccc(Cl)cc4F)O3)cc2)CC1. The molecule has 2 atom stereocenters. The Morgan fingerprint density at radius 3 is 2.58 bits per heavy atom. The van der Waals surface area contributed by atoms with E-state index in [0.717, 1.165) is 31.9 Å². The van der Waals surface area contributed by atoms with Gasteiger partial charge in [-0.3, -0.25) is 4.90 Å². The molecule has 2 aliphatic heterocycles. The number of benzene rings is 2. The molecule has 2 saturated heterocycles. The van der Waals surface area contributed by atoms with Crippen molar-refractivity contribution in [2.75, 3.05) is 44.3 Å². The molecule has 0 radical (unpaired) electrons. The summed E-state index contributed by atoms with van der Waals surface area (Å²) in [6.07, 6.45) is 2.55. The van der Waals surface area contributed by atoms with Crippen molar-refractivity contribution in [1.29, 1.82) is 0 Å². The summed E-state index contributed by atoms with van der Waals surface area (Å²) in [5, 5.41) is 4.44. The smallest absolute Gasteiger partial charge is 0.218 e. The van der Waals surface area contributed by atoms with Gasteiger partial charge in [0, 0.05) is 48.5 Å². The van der Waals surface area contributed by atoms with E-state index in [2.05, 4.69) is 45.9 Å². The highest BCUT2D eigenvalue weighted by molar-refractivity contribution is 6.30. The largest absolute Gasteiger partial charge is 0.491 e. The van der Waals surface area contributed by atoms with E-state index in [1.165, 1.54) is 24.4 Å². The Labute approximate surface area is 215 Å². The van der Waals surface area contributed by atoms with Crippen molar-refractivity contribution in [3.05, 3.63) is 71.5 Å². The lowest BCUT2D eigenvalue weighted by atomic mass is 10.0. The number of ether oxygens (including phenoxy) is 3. The third-order valence-electron chi connectivity index (χ3n) is 6.72. The van der Waals surface area contributed by atoms with E-state index >= 15 is 0 Å². The number of hydrogen-bond donors (Lipinski definition) is 0. The van der Waals surface area contributed by atoms with E-state index in [-0.39, 0.29) is 25.3 Å². The highest BCUT2D eigenvalue weighted by atomic mass is 35.5. The molecule has 2 aliphatic rings. The summed E-state index contributed by atoms with van der Waals surface area (Å²) in [4.78, 5) is 8.86. The van der Waals surface area contributed by atoms with Gasteiger partial charge in [0.2, 0.25) is 5.79 Å². The number of aromatic nitrogens is 3. The second-order valence-corrected chi connectivity index (χ2v) is 9.88. The standard InChI is InChI=1S/C26H31ClFN5O3/c1-19(2)31-9-11-32(12-10-31)21-4-6-22(7-5-21)34-14-23-15-35-26(36-23,16-33-18-29-17-30-33)24-8-3-20(27)13-25(24)28/h3-8,13,17-19,23H,9-12,14-16H2,1-2H3/t23-,26-/m0/s1. The Bertz CT molecular complexity index is 1140. The van der Waals surface area contributed by atoms with Crippen LogP contribution in [0.15, 0.2) is 55.1 Å². The average molecular weight is 516 g/mol. The topological polar surface area (TPSA) is 64.9 Å². The van der Waals surface area contributed by atoms with Gasteiger partial charge in [-0.25, -0.2) is 14.1 Å². The summed E-state index contributed by atoms with van der Waals surface area (Å²) >= 11 is 5.96. The van der Waals surface area contributed by atoms with Gasteiger partial charge >= 0.3 is 0 Å². The van der Waals surface area contributed by atoms with Crippen LogP contribution in [-0.2, 0) is 21.8 Å². The minimum Gasteiger partial charge on any atom is -0.491 e. The van der Waals surface area contributed by atoms with Crippen molar-refractivity contribution < 1.29 is 18.6 Å². The van der Waals surface area contributed by atoms with Gasteiger partial charge in [0.05, 0.1) is 6.61 Å². The first-order valence-electron chi connectivity index (χ1n) is 12.2. The molecular weight excluding hydrogens is 485 g/mol. The summed E-state index contributed by atoms with van der Waals surface area (Å²) in [5.41, 5.74) is 1.45. The second kappa shape index (κ2) is 10.7. The fraction of sp³-hybridized carbons (Fsp3) is 0.462. The Morgan fingerprint density at radius 2 is 1.92 bits per heavy atom. The maximum absolute atomic E-state index is 14.9. The fourth-order valence-electron chi connectivity index (χ4n) is 4.72. The molecule has 3 heterocycles. The van der Waals surface area contributed by atoms with Gasteiger partial charge in [0.1, 0.15) is 43.5 Å². The number of halogens is 2. The molecule has 2 aromatic carbocycles. The molecule has 0 N–H and O–H groups in total. The molecule has 0 aliphatic carbocycles. The molecule has 0 amide bonds.